The van der Waals surface area contributed by atoms with Crippen LogP contribution < -0.4 is 19.5 Å². The van der Waals surface area contributed by atoms with E-state index in [0.29, 0.717) is 29.4 Å². The van der Waals surface area contributed by atoms with Gasteiger partial charge < -0.3 is 24.3 Å². The molecule has 0 aromatic heterocycles. The Balaban J connectivity index is 1.97. The van der Waals surface area contributed by atoms with Crippen molar-refractivity contribution in [1.29, 1.82) is 0 Å². The van der Waals surface area contributed by atoms with E-state index in [0.717, 1.165) is 5.56 Å². The zero-order valence-electron chi connectivity index (χ0n) is 17.0. The van der Waals surface area contributed by atoms with E-state index in [1.807, 2.05) is 18.2 Å². The summed E-state index contributed by atoms with van der Waals surface area (Å²) in [6.45, 7) is 1.92. The normalized spacial score (nSPS) is 19.8. The van der Waals surface area contributed by atoms with Gasteiger partial charge in [0.25, 0.3) is 0 Å². The fraction of sp³-hybridized carbons (Fsp3) is 0.364. The van der Waals surface area contributed by atoms with Gasteiger partial charge in [0.2, 0.25) is 11.7 Å². The van der Waals surface area contributed by atoms with Crippen molar-refractivity contribution in [3.05, 3.63) is 48.0 Å². The van der Waals surface area contributed by atoms with Crippen molar-refractivity contribution in [3.63, 3.8) is 0 Å². The number of para-hydroxylation sites is 1. The maximum Gasteiger partial charge on any atom is 0.322 e. The lowest BCUT2D eigenvalue weighted by molar-refractivity contribution is -0.153. The number of hydrogen-bond acceptors (Lipinski definition) is 6. The van der Waals surface area contributed by atoms with Crippen LogP contribution in [0.3, 0.4) is 0 Å². The van der Waals surface area contributed by atoms with Gasteiger partial charge in [0.15, 0.2) is 16.9 Å². The predicted octanol–water partition coefficient (Wildman–Crippen LogP) is 3.39. The highest BCUT2D eigenvalue weighted by Crippen LogP contribution is 2.62. The second-order valence-electron chi connectivity index (χ2n) is 6.73. The highest BCUT2D eigenvalue weighted by molar-refractivity contribution is 6.13. The molecule has 2 aromatic carbocycles. The summed E-state index contributed by atoms with van der Waals surface area (Å²) < 4.78 is 21.4. The van der Waals surface area contributed by atoms with Crippen LogP contribution in [0.15, 0.2) is 42.5 Å². The Morgan fingerprint density at radius 2 is 1.66 bits per heavy atom. The lowest BCUT2D eigenvalue weighted by atomic mass is 9.97. The van der Waals surface area contributed by atoms with E-state index in [4.69, 9.17) is 18.9 Å². The van der Waals surface area contributed by atoms with E-state index in [1.165, 1.54) is 21.3 Å². The van der Waals surface area contributed by atoms with Crippen molar-refractivity contribution in [1.82, 2.24) is 0 Å². The van der Waals surface area contributed by atoms with Crippen LogP contribution in [-0.4, -0.2) is 39.8 Å². The Hall–Kier alpha value is -3.22. The number of esters is 1. The minimum Gasteiger partial charge on any atom is -0.493 e. The van der Waals surface area contributed by atoms with Crippen molar-refractivity contribution < 1.29 is 28.5 Å². The molecule has 1 aliphatic rings. The summed E-state index contributed by atoms with van der Waals surface area (Å²) in [5, 5.41) is 2.84. The van der Waals surface area contributed by atoms with Gasteiger partial charge in [0.05, 0.1) is 27.9 Å². The van der Waals surface area contributed by atoms with Gasteiger partial charge in [-0.15, -0.1) is 0 Å². The molecule has 1 aliphatic carbocycles. The molecule has 0 aliphatic heterocycles. The Morgan fingerprint density at radius 3 is 2.17 bits per heavy atom. The number of nitrogens with one attached hydrogen (secondary N) is 1. The highest BCUT2D eigenvalue weighted by atomic mass is 16.5. The molecule has 3 rings (SSSR count). The molecule has 0 radical (unpaired) electrons. The van der Waals surface area contributed by atoms with Gasteiger partial charge in [-0.25, -0.2) is 0 Å². The fourth-order valence-corrected chi connectivity index (χ4v) is 3.56. The van der Waals surface area contributed by atoms with E-state index in [-0.39, 0.29) is 18.4 Å². The van der Waals surface area contributed by atoms with E-state index in [1.54, 1.807) is 31.2 Å². The molecule has 2 aromatic rings. The maximum absolute atomic E-state index is 13.1. The third kappa shape index (κ3) is 3.72. The molecule has 1 N–H and O–H groups in total. The van der Waals surface area contributed by atoms with Crippen LogP contribution in [0.25, 0.3) is 0 Å². The lowest BCUT2D eigenvalue weighted by Crippen LogP contribution is -2.34. The number of carbonyl (C=O) groups is 2. The quantitative estimate of drug-likeness (QED) is 0.541. The summed E-state index contributed by atoms with van der Waals surface area (Å²) in [5.41, 5.74) is 0.0729. The van der Waals surface area contributed by atoms with Crippen molar-refractivity contribution in [2.24, 2.45) is 5.41 Å². The molecule has 154 valence electrons. The molecule has 2 atom stereocenters. The van der Waals surface area contributed by atoms with Gasteiger partial charge in [-0.3, -0.25) is 9.59 Å². The zero-order valence-corrected chi connectivity index (χ0v) is 17.0. The van der Waals surface area contributed by atoms with Gasteiger partial charge in [0, 0.05) is 11.6 Å². The van der Waals surface area contributed by atoms with Crippen molar-refractivity contribution in [3.8, 4) is 17.2 Å². The number of anilines is 1. The molecule has 0 unspecified atom stereocenters. The predicted molar refractivity (Wildman–Crippen MR) is 108 cm³/mol. The molecule has 1 saturated carbocycles. The molecular weight excluding hydrogens is 374 g/mol. The Bertz CT molecular complexity index is 872. The SMILES string of the molecule is CCOC(=O)[C@]1(C(=O)Nc2ccccc2)C[C@@H]1c1cc(OC)c(OC)c(OC)c1. The molecule has 0 bridgehead atoms. The minimum absolute atomic E-state index is 0.196. The lowest BCUT2D eigenvalue weighted by Gasteiger charge is -2.18. The smallest absolute Gasteiger partial charge is 0.322 e. The summed E-state index contributed by atoms with van der Waals surface area (Å²) in [6, 6.07) is 12.6. The fourth-order valence-electron chi connectivity index (χ4n) is 3.56. The number of rotatable bonds is 8. The molecule has 0 saturated heterocycles. The first-order valence-electron chi connectivity index (χ1n) is 9.35. The Morgan fingerprint density at radius 1 is 1.03 bits per heavy atom. The number of carbonyl (C=O) groups excluding carboxylic acids is 2. The zero-order chi connectivity index (χ0) is 21.0. The van der Waals surface area contributed by atoms with Gasteiger partial charge in [-0.1, -0.05) is 18.2 Å². The van der Waals surface area contributed by atoms with Crippen LogP contribution in [0.1, 0.15) is 24.8 Å². The van der Waals surface area contributed by atoms with Crippen molar-refractivity contribution in [2.75, 3.05) is 33.3 Å². The Kier molecular flexibility index (Phi) is 5.96. The van der Waals surface area contributed by atoms with E-state index in [9.17, 15) is 9.59 Å². The molecular formula is C22H25NO6. The van der Waals surface area contributed by atoms with E-state index in [2.05, 4.69) is 5.32 Å². The third-order valence-corrected chi connectivity index (χ3v) is 5.13. The summed E-state index contributed by atoms with van der Waals surface area (Å²) in [4.78, 5) is 25.9. The molecule has 7 nitrogen and oxygen atoms in total. The average Bonchev–Trinajstić information content (AvgIpc) is 3.50. The number of hydrogen-bond donors (Lipinski definition) is 1. The number of methoxy groups -OCH3 is 3. The van der Waals surface area contributed by atoms with Gasteiger partial charge in [0.1, 0.15) is 0 Å². The highest BCUT2D eigenvalue weighted by Gasteiger charge is 2.67. The van der Waals surface area contributed by atoms with E-state index >= 15 is 0 Å². The van der Waals surface area contributed by atoms with Gasteiger partial charge in [-0.05, 0) is 43.2 Å². The maximum atomic E-state index is 13.1. The van der Waals surface area contributed by atoms with Crippen LogP contribution in [0.2, 0.25) is 0 Å². The second kappa shape index (κ2) is 8.43. The van der Waals surface area contributed by atoms with Crippen LogP contribution in [0.5, 0.6) is 17.2 Å². The summed E-state index contributed by atoms with van der Waals surface area (Å²) in [6.07, 6.45) is 0.336. The first-order chi connectivity index (χ1) is 14.0. The molecule has 0 spiro atoms. The van der Waals surface area contributed by atoms with Gasteiger partial charge >= 0.3 is 5.97 Å². The third-order valence-electron chi connectivity index (χ3n) is 5.13. The molecule has 0 heterocycles. The Labute approximate surface area is 169 Å². The summed E-state index contributed by atoms with van der Waals surface area (Å²) in [5.74, 6) is 0.104. The first-order valence-corrected chi connectivity index (χ1v) is 9.35. The molecule has 1 amide bonds. The minimum atomic E-state index is -1.30. The summed E-state index contributed by atoms with van der Waals surface area (Å²) >= 11 is 0. The topological polar surface area (TPSA) is 83.1 Å². The number of benzene rings is 2. The van der Waals surface area contributed by atoms with Crippen LogP contribution in [0.4, 0.5) is 5.69 Å². The molecule has 29 heavy (non-hydrogen) atoms. The summed E-state index contributed by atoms with van der Waals surface area (Å²) in [7, 11) is 4.57. The number of amides is 1. The number of ether oxygens (including phenoxy) is 4. The van der Waals surface area contributed by atoms with Crippen molar-refractivity contribution >= 4 is 17.6 Å². The molecule has 7 heteroatoms. The molecule has 1 fully saturated rings. The second-order valence-corrected chi connectivity index (χ2v) is 6.73. The van der Waals surface area contributed by atoms with Gasteiger partial charge in [-0.2, -0.15) is 0 Å². The largest absolute Gasteiger partial charge is 0.493 e. The standard InChI is InChI=1S/C22H25NO6/c1-5-29-21(25)22(20(24)23-15-9-7-6-8-10-15)13-16(22)14-11-17(26-2)19(28-4)18(12-14)27-3/h6-12,16H,5,13H2,1-4H3,(H,23,24)/t16-,22-/m1/s1. The monoisotopic (exact) mass is 399 g/mol. The van der Waals surface area contributed by atoms with E-state index < -0.39 is 11.4 Å². The van der Waals surface area contributed by atoms with Crippen LogP contribution in [0, 0.1) is 5.41 Å². The van der Waals surface area contributed by atoms with Crippen LogP contribution in [-0.2, 0) is 14.3 Å². The first kappa shape index (κ1) is 20.5. The van der Waals surface area contributed by atoms with Crippen LogP contribution >= 0.6 is 0 Å². The van der Waals surface area contributed by atoms with Crippen molar-refractivity contribution in [2.45, 2.75) is 19.3 Å². The average molecular weight is 399 g/mol.